The number of aliphatic hydroxyl groups is 1. The Labute approximate surface area is 173 Å². The lowest BCUT2D eigenvalue weighted by Crippen LogP contribution is -2.47. The van der Waals surface area contributed by atoms with Gasteiger partial charge in [-0.1, -0.05) is 6.07 Å². The highest BCUT2D eigenvalue weighted by molar-refractivity contribution is 5.43. The maximum Gasteiger partial charge on any atom is 0.161 e. The van der Waals surface area contributed by atoms with Crippen LogP contribution in [0.1, 0.15) is 37.7 Å². The summed E-state index contributed by atoms with van der Waals surface area (Å²) in [5.74, 6) is 1.35. The molecule has 0 aliphatic carbocycles. The van der Waals surface area contributed by atoms with Gasteiger partial charge in [0.1, 0.15) is 12.7 Å². The van der Waals surface area contributed by atoms with Gasteiger partial charge in [0.2, 0.25) is 0 Å². The van der Waals surface area contributed by atoms with Crippen molar-refractivity contribution in [2.75, 3.05) is 53.1 Å². The van der Waals surface area contributed by atoms with E-state index in [-0.39, 0.29) is 12.2 Å². The number of ether oxygens (including phenoxy) is 3. The van der Waals surface area contributed by atoms with Gasteiger partial charge in [0.05, 0.1) is 19.3 Å². The lowest BCUT2D eigenvalue weighted by atomic mass is 9.88. The van der Waals surface area contributed by atoms with Gasteiger partial charge in [-0.25, -0.2) is 0 Å². The molecule has 3 aliphatic rings. The molecule has 1 aromatic carbocycles. The fraction of sp³-hybridized carbons (Fsp3) is 0.727. The molecule has 0 saturated carbocycles. The molecule has 7 nitrogen and oxygen atoms in total. The normalized spacial score (nSPS) is 23.5. The summed E-state index contributed by atoms with van der Waals surface area (Å²) in [4.78, 5) is 7.90. The topological polar surface area (TPSA) is 63.6 Å². The highest BCUT2D eigenvalue weighted by Gasteiger charge is 2.38. The number of benzene rings is 1. The Hall–Kier alpha value is -1.38. The molecular weight excluding hydrogens is 372 g/mol. The zero-order valence-electron chi connectivity index (χ0n) is 17.5. The number of piperidine rings is 1. The van der Waals surface area contributed by atoms with Gasteiger partial charge in [-0.2, -0.15) is 5.06 Å². The van der Waals surface area contributed by atoms with Crippen LogP contribution in [0.2, 0.25) is 0 Å². The van der Waals surface area contributed by atoms with Crippen molar-refractivity contribution in [3.05, 3.63) is 23.8 Å². The molecule has 0 amide bonds. The van der Waals surface area contributed by atoms with Crippen LogP contribution in [-0.4, -0.2) is 79.9 Å². The molecule has 3 saturated heterocycles. The third kappa shape index (κ3) is 5.41. The molecule has 1 spiro atoms. The zero-order chi connectivity index (χ0) is 20.1. The van der Waals surface area contributed by atoms with Gasteiger partial charge in [0.15, 0.2) is 11.5 Å². The van der Waals surface area contributed by atoms with E-state index in [4.69, 9.17) is 19.0 Å². The lowest BCUT2D eigenvalue weighted by molar-refractivity contribution is -0.117. The number of hydrogen-bond donors (Lipinski definition) is 1. The van der Waals surface area contributed by atoms with Gasteiger partial charge in [0, 0.05) is 39.3 Å². The largest absolute Gasteiger partial charge is 0.493 e. The van der Waals surface area contributed by atoms with E-state index in [1.165, 1.54) is 12.8 Å². The molecule has 7 heteroatoms. The molecule has 3 heterocycles. The third-order valence-electron chi connectivity index (χ3n) is 6.27. The molecular formula is C22H34N2O5. The van der Waals surface area contributed by atoms with Crippen molar-refractivity contribution in [1.82, 2.24) is 9.96 Å². The number of likely N-dealkylation sites (tertiary alicyclic amines) is 1. The van der Waals surface area contributed by atoms with Crippen LogP contribution < -0.4 is 9.47 Å². The average Bonchev–Trinajstić information content (AvgIpc) is 3.41. The molecule has 1 unspecified atom stereocenters. The SMILES string of the molecule is COc1ccc(CN2CCCO2)cc1OCC(O)CN1CCC2(CCCO2)CC1. The maximum absolute atomic E-state index is 10.5. The first-order valence-corrected chi connectivity index (χ1v) is 10.9. The molecule has 3 fully saturated rings. The Balaban J connectivity index is 1.26. The molecule has 0 aromatic heterocycles. The number of hydroxylamine groups is 2. The van der Waals surface area contributed by atoms with Gasteiger partial charge < -0.3 is 24.2 Å². The van der Waals surface area contributed by atoms with Crippen LogP contribution in [0.25, 0.3) is 0 Å². The molecule has 1 aromatic rings. The summed E-state index contributed by atoms with van der Waals surface area (Å²) in [7, 11) is 1.64. The molecule has 0 radical (unpaired) electrons. The van der Waals surface area contributed by atoms with Crippen LogP contribution >= 0.6 is 0 Å². The molecule has 0 bridgehead atoms. The summed E-state index contributed by atoms with van der Waals surface area (Å²) in [6.45, 7) is 6.19. The standard InChI is InChI=1S/C22H34N2O5/c1-26-20-5-4-18(15-24-9-3-13-29-24)14-21(20)27-17-19(25)16-23-10-7-22(8-11-23)6-2-12-28-22/h4-5,14,19,25H,2-3,6-13,15-17H2,1H3. The second-order valence-corrected chi connectivity index (χ2v) is 8.44. The highest BCUT2D eigenvalue weighted by atomic mass is 16.7. The number of nitrogens with zero attached hydrogens (tertiary/aromatic N) is 2. The first-order valence-electron chi connectivity index (χ1n) is 10.9. The Bertz CT molecular complexity index is 649. The van der Waals surface area contributed by atoms with Crippen molar-refractivity contribution in [3.63, 3.8) is 0 Å². The Morgan fingerprint density at radius 1 is 1.10 bits per heavy atom. The van der Waals surface area contributed by atoms with Gasteiger partial charge in [0.25, 0.3) is 0 Å². The van der Waals surface area contributed by atoms with E-state index in [1.807, 2.05) is 23.3 Å². The van der Waals surface area contributed by atoms with Crippen molar-refractivity contribution in [2.24, 2.45) is 0 Å². The number of hydrogen-bond acceptors (Lipinski definition) is 7. The maximum atomic E-state index is 10.5. The number of β-amino-alcohol motifs (C(OH)–C–C–N with tert-alkyl or cyclic N) is 1. The van der Waals surface area contributed by atoms with Gasteiger partial charge >= 0.3 is 0 Å². The van der Waals surface area contributed by atoms with E-state index >= 15 is 0 Å². The second kappa shape index (κ2) is 9.62. The van der Waals surface area contributed by atoms with E-state index < -0.39 is 6.10 Å². The lowest BCUT2D eigenvalue weighted by Gasteiger charge is -2.39. The van der Waals surface area contributed by atoms with Gasteiger partial charge in [-0.05, 0) is 49.8 Å². The van der Waals surface area contributed by atoms with Crippen LogP contribution in [-0.2, 0) is 16.1 Å². The van der Waals surface area contributed by atoms with Crippen molar-refractivity contribution in [1.29, 1.82) is 0 Å². The van der Waals surface area contributed by atoms with Crippen molar-refractivity contribution in [2.45, 2.75) is 50.4 Å². The molecule has 162 valence electrons. The van der Waals surface area contributed by atoms with Crippen molar-refractivity contribution in [3.8, 4) is 11.5 Å². The van der Waals surface area contributed by atoms with Gasteiger partial charge in [-0.15, -0.1) is 0 Å². The van der Waals surface area contributed by atoms with E-state index in [0.717, 1.165) is 64.2 Å². The van der Waals surface area contributed by atoms with E-state index in [2.05, 4.69) is 4.90 Å². The third-order valence-corrected chi connectivity index (χ3v) is 6.27. The smallest absolute Gasteiger partial charge is 0.161 e. The van der Waals surface area contributed by atoms with Crippen molar-refractivity contribution < 1.29 is 24.2 Å². The minimum atomic E-state index is -0.538. The molecule has 29 heavy (non-hydrogen) atoms. The fourth-order valence-corrected chi connectivity index (χ4v) is 4.59. The summed E-state index contributed by atoms with van der Waals surface area (Å²) in [5.41, 5.74) is 1.22. The highest BCUT2D eigenvalue weighted by Crippen LogP contribution is 2.35. The Morgan fingerprint density at radius 2 is 1.97 bits per heavy atom. The average molecular weight is 407 g/mol. The van der Waals surface area contributed by atoms with E-state index in [0.29, 0.717) is 18.0 Å². The predicted octanol–water partition coefficient (Wildman–Crippen LogP) is 2.22. The second-order valence-electron chi connectivity index (χ2n) is 8.44. The van der Waals surface area contributed by atoms with E-state index in [1.54, 1.807) is 7.11 Å². The van der Waals surface area contributed by atoms with E-state index in [9.17, 15) is 5.11 Å². The number of rotatable bonds is 8. The summed E-state index contributed by atoms with van der Waals surface area (Å²) in [5, 5.41) is 12.5. The summed E-state index contributed by atoms with van der Waals surface area (Å²) in [6, 6.07) is 5.92. The van der Waals surface area contributed by atoms with Gasteiger partial charge in [-0.3, -0.25) is 4.84 Å². The van der Waals surface area contributed by atoms with Crippen LogP contribution in [0.3, 0.4) is 0 Å². The number of aliphatic hydroxyl groups excluding tert-OH is 1. The summed E-state index contributed by atoms with van der Waals surface area (Å²) < 4.78 is 17.4. The first-order chi connectivity index (χ1) is 14.2. The number of methoxy groups -OCH3 is 1. The van der Waals surface area contributed by atoms with Crippen molar-refractivity contribution >= 4 is 0 Å². The summed E-state index contributed by atoms with van der Waals surface area (Å²) >= 11 is 0. The molecule has 3 aliphatic heterocycles. The van der Waals surface area contributed by atoms with Crippen LogP contribution in [0.5, 0.6) is 11.5 Å². The zero-order valence-corrected chi connectivity index (χ0v) is 17.5. The van der Waals surface area contributed by atoms with Crippen LogP contribution in [0.15, 0.2) is 18.2 Å². The first kappa shape index (κ1) is 20.9. The van der Waals surface area contributed by atoms with Crippen LogP contribution in [0.4, 0.5) is 0 Å². The quantitative estimate of drug-likeness (QED) is 0.710. The van der Waals surface area contributed by atoms with Crippen LogP contribution in [0, 0.1) is 0 Å². The Kier molecular flexibility index (Phi) is 6.92. The monoisotopic (exact) mass is 406 g/mol. The predicted molar refractivity (Wildman–Crippen MR) is 109 cm³/mol. The summed E-state index contributed by atoms with van der Waals surface area (Å²) in [6.07, 6.45) is 5.02. The molecule has 4 rings (SSSR count). The fourth-order valence-electron chi connectivity index (χ4n) is 4.59. The minimum absolute atomic E-state index is 0.116. The minimum Gasteiger partial charge on any atom is -0.493 e. The molecule has 1 N–H and O–H groups in total. The Morgan fingerprint density at radius 3 is 2.66 bits per heavy atom. The molecule has 1 atom stereocenters.